The van der Waals surface area contributed by atoms with Crippen LogP contribution >= 0.6 is 0 Å². The molecule has 0 aliphatic heterocycles. The van der Waals surface area contributed by atoms with E-state index in [-0.39, 0.29) is 16.7 Å². The first-order chi connectivity index (χ1) is 12.3. The smallest absolute Gasteiger partial charge is 0.255 e. The van der Waals surface area contributed by atoms with E-state index in [1.54, 1.807) is 37.3 Å². The Hall–Kier alpha value is -2.51. The first kappa shape index (κ1) is 18.3. The third-order valence-electron chi connectivity index (χ3n) is 4.21. The van der Waals surface area contributed by atoms with Crippen molar-refractivity contribution in [3.63, 3.8) is 0 Å². The van der Waals surface area contributed by atoms with Gasteiger partial charge in [-0.25, -0.2) is 13.1 Å². The molecule has 0 heterocycles. The fraction of sp³-hybridized carbons (Fsp3) is 0.263. The van der Waals surface area contributed by atoms with Crippen molar-refractivity contribution in [2.45, 2.75) is 37.6 Å². The van der Waals surface area contributed by atoms with Crippen LogP contribution in [-0.2, 0) is 10.0 Å². The van der Waals surface area contributed by atoms with Crippen LogP contribution in [0.3, 0.4) is 0 Å². The van der Waals surface area contributed by atoms with Crippen molar-refractivity contribution < 1.29 is 18.0 Å². The maximum atomic E-state index is 12.6. The number of carbonyl (C=O) groups excluding carboxylic acids is 2. The van der Waals surface area contributed by atoms with Gasteiger partial charge in [-0.2, -0.15) is 0 Å². The first-order valence-electron chi connectivity index (χ1n) is 8.31. The van der Waals surface area contributed by atoms with Crippen LogP contribution in [0, 0.1) is 6.92 Å². The van der Waals surface area contributed by atoms with E-state index in [2.05, 4.69) is 10.0 Å². The van der Waals surface area contributed by atoms with Gasteiger partial charge in [0.15, 0.2) is 5.78 Å². The lowest BCUT2D eigenvalue weighted by atomic mass is 10.1. The highest BCUT2D eigenvalue weighted by atomic mass is 32.2. The summed E-state index contributed by atoms with van der Waals surface area (Å²) in [6.07, 6.45) is 1.68. The van der Waals surface area contributed by atoms with Crippen molar-refractivity contribution in [3.8, 4) is 0 Å². The van der Waals surface area contributed by atoms with E-state index < -0.39 is 15.9 Å². The molecule has 136 valence electrons. The number of ketones is 1. The number of benzene rings is 2. The molecule has 2 aromatic carbocycles. The molecule has 7 heteroatoms. The molecule has 3 rings (SSSR count). The van der Waals surface area contributed by atoms with E-state index in [0.717, 1.165) is 12.8 Å². The van der Waals surface area contributed by atoms with Crippen LogP contribution in [-0.4, -0.2) is 26.2 Å². The van der Waals surface area contributed by atoms with Gasteiger partial charge in [-0.15, -0.1) is 0 Å². The molecule has 0 aromatic heterocycles. The molecule has 1 fully saturated rings. The lowest BCUT2D eigenvalue weighted by molar-refractivity contribution is 0.101. The summed E-state index contributed by atoms with van der Waals surface area (Å²) in [5, 5.41) is 2.73. The highest BCUT2D eigenvalue weighted by molar-refractivity contribution is 7.89. The molecule has 0 radical (unpaired) electrons. The summed E-state index contributed by atoms with van der Waals surface area (Å²) in [4.78, 5) is 24.0. The predicted octanol–water partition coefficient (Wildman–Crippen LogP) is 2.89. The summed E-state index contributed by atoms with van der Waals surface area (Å²) in [5.74, 6) is -0.457. The average molecular weight is 372 g/mol. The Balaban J connectivity index is 1.82. The van der Waals surface area contributed by atoms with Gasteiger partial charge in [0.05, 0.1) is 4.90 Å². The molecule has 0 spiro atoms. The maximum Gasteiger partial charge on any atom is 0.255 e. The fourth-order valence-electron chi connectivity index (χ4n) is 2.49. The van der Waals surface area contributed by atoms with E-state index in [4.69, 9.17) is 0 Å². The van der Waals surface area contributed by atoms with Crippen molar-refractivity contribution in [2.24, 2.45) is 0 Å². The first-order valence-corrected chi connectivity index (χ1v) is 9.80. The average Bonchev–Trinajstić information content (AvgIpc) is 3.38. The fourth-order valence-corrected chi connectivity index (χ4v) is 3.82. The monoisotopic (exact) mass is 372 g/mol. The third-order valence-corrected chi connectivity index (χ3v) is 5.73. The summed E-state index contributed by atoms with van der Waals surface area (Å²) >= 11 is 0. The number of sulfonamides is 1. The number of hydrogen-bond donors (Lipinski definition) is 2. The molecule has 26 heavy (non-hydrogen) atoms. The molecule has 1 amide bonds. The van der Waals surface area contributed by atoms with Crippen LogP contribution in [0.1, 0.15) is 46.0 Å². The van der Waals surface area contributed by atoms with E-state index in [1.165, 1.54) is 19.1 Å². The lowest BCUT2D eigenvalue weighted by Crippen LogP contribution is -2.26. The summed E-state index contributed by atoms with van der Waals surface area (Å²) in [5.41, 5.74) is 2.05. The molecule has 2 aromatic rings. The summed E-state index contributed by atoms with van der Waals surface area (Å²) in [6.45, 7) is 3.22. The summed E-state index contributed by atoms with van der Waals surface area (Å²) < 4.78 is 27.3. The molecular weight excluding hydrogens is 352 g/mol. The van der Waals surface area contributed by atoms with E-state index in [0.29, 0.717) is 22.4 Å². The number of Topliss-reactive ketones (excluding diaryl/α,β-unsaturated/α-hetero) is 1. The zero-order chi connectivity index (χ0) is 18.9. The van der Waals surface area contributed by atoms with Gasteiger partial charge in [0.1, 0.15) is 0 Å². The lowest BCUT2D eigenvalue weighted by Gasteiger charge is -2.11. The van der Waals surface area contributed by atoms with Gasteiger partial charge in [-0.1, -0.05) is 6.07 Å². The third kappa shape index (κ3) is 4.17. The molecule has 1 aliphatic rings. The van der Waals surface area contributed by atoms with Crippen LogP contribution in [0.15, 0.2) is 47.4 Å². The number of anilines is 1. The zero-order valence-electron chi connectivity index (χ0n) is 14.6. The molecule has 0 unspecified atom stereocenters. The highest BCUT2D eigenvalue weighted by Gasteiger charge is 2.28. The topological polar surface area (TPSA) is 92.3 Å². The van der Waals surface area contributed by atoms with Crippen LogP contribution in [0.5, 0.6) is 0 Å². The Morgan fingerprint density at radius 2 is 1.69 bits per heavy atom. The quantitative estimate of drug-likeness (QED) is 0.763. The summed E-state index contributed by atoms with van der Waals surface area (Å²) in [7, 11) is -3.63. The maximum absolute atomic E-state index is 12.6. The number of rotatable bonds is 6. The summed E-state index contributed by atoms with van der Waals surface area (Å²) in [6, 6.07) is 11.0. The SMILES string of the molecule is CC(=O)c1ccc(NC(=O)c2cc(S(=O)(=O)NC3CC3)ccc2C)cc1. The van der Waals surface area contributed by atoms with Crippen LogP contribution < -0.4 is 10.0 Å². The van der Waals surface area contributed by atoms with E-state index in [1.807, 2.05) is 0 Å². The second-order valence-corrected chi connectivity index (χ2v) is 8.17. The molecule has 0 bridgehead atoms. The number of hydrogen-bond acceptors (Lipinski definition) is 4. The second kappa shape index (κ2) is 7.01. The van der Waals surface area contributed by atoms with Gasteiger partial charge in [0.2, 0.25) is 10.0 Å². The highest BCUT2D eigenvalue weighted by Crippen LogP contribution is 2.23. The Morgan fingerprint density at radius 3 is 2.27 bits per heavy atom. The Kier molecular flexibility index (Phi) is 4.93. The normalized spacial score (nSPS) is 14.1. The van der Waals surface area contributed by atoms with Gasteiger partial charge < -0.3 is 5.32 Å². The largest absolute Gasteiger partial charge is 0.322 e. The minimum Gasteiger partial charge on any atom is -0.322 e. The molecule has 2 N–H and O–H groups in total. The minimum atomic E-state index is -3.63. The Morgan fingerprint density at radius 1 is 1.04 bits per heavy atom. The van der Waals surface area contributed by atoms with Crippen molar-refractivity contribution in [2.75, 3.05) is 5.32 Å². The number of carbonyl (C=O) groups is 2. The second-order valence-electron chi connectivity index (χ2n) is 6.46. The van der Waals surface area contributed by atoms with Crippen LogP contribution in [0.25, 0.3) is 0 Å². The van der Waals surface area contributed by atoms with E-state index >= 15 is 0 Å². The molecule has 1 saturated carbocycles. The standard InChI is InChI=1S/C19H20N2O4S/c1-12-3-10-17(26(24,25)21-16-8-9-16)11-18(12)19(23)20-15-6-4-14(5-7-15)13(2)22/h3-7,10-11,16,21H,8-9H2,1-2H3,(H,20,23). The Bertz CT molecular complexity index is 962. The van der Waals surface area contributed by atoms with Gasteiger partial charge in [-0.3, -0.25) is 9.59 Å². The number of nitrogens with one attached hydrogen (secondary N) is 2. The molecule has 0 atom stereocenters. The number of aryl methyl sites for hydroxylation is 1. The molecule has 6 nitrogen and oxygen atoms in total. The van der Waals surface area contributed by atoms with Gasteiger partial charge in [-0.05, 0) is 68.7 Å². The van der Waals surface area contributed by atoms with Gasteiger partial charge in [0, 0.05) is 22.9 Å². The molecule has 0 saturated heterocycles. The van der Waals surface area contributed by atoms with Gasteiger partial charge in [0.25, 0.3) is 5.91 Å². The minimum absolute atomic E-state index is 0.00151. The van der Waals surface area contributed by atoms with Crippen molar-refractivity contribution in [3.05, 3.63) is 59.2 Å². The number of amides is 1. The molecular formula is C19H20N2O4S. The zero-order valence-corrected chi connectivity index (χ0v) is 15.4. The predicted molar refractivity (Wildman–Crippen MR) is 98.9 cm³/mol. The van der Waals surface area contributed by atoms with Crippen LogP contribution in [0.4, 0.5) is 5.69 Å². The van der Waals surface area contributed by atoms with Crippen LogP contribution in [0.2, 0.25) is 0 Å². The Labute approximate surface area is 152 Å². The van der Waals surface area contributed by atoms with E-state index in [9.17, 15) is 18.0 Å². The molecule has 1 aliphatic carbocycles. The van der Waals surface area contributed by atoms with Gasteiger partial charge >= 0.3 is 0 Å². The van der Waals surface area contributed by atoms with Crippen molar-refractivity contribution in [1.82, 2.24) is 4.72 Å². The van der Waals surface area contributed by atoms with Crippen molar-refractivity contribution >= 4 is 27.4 Å². The van der Waals surface area contributed by atoms with Crippen molar-refractivity contribution in [1.29, 1.82) is 0 Å².